The van der Waals surface area contributed by atoms with Gasteiger partial charge in [0.15, 0.2) is 0 Å². The summed E-state index contributed by atoms with van der Waals surface area (Å²) in [4.78, 5) is 24.1. The van der Waals surface area contributed by atoms with Crippen LogP contribution in [0.5, 0.6) is 0 Å². The maximum Gasteiger partial charge on any atom is 0.124 e. The molecule has 2 aliphatic heterocycles. The molecule has 4 aromatic carbocycles. The molecule has 6 heterocycles. The van der Waals surface area contributed by atoms with Crippen LogP contribution in [0, 0.1) is 0 Å². The molecule has 0 spiro atoms. The number of fused-ring (bicyclic) bond motifs is 4. The summed E-state index contributed by atoms with van der Waals surface area (Å²) in [7, 11) is 8.39. The first kappa shape index (κ1) is 37.0. The number of thiazole rings is 2. The Hall–Kier alpha value is -4.56. The van der Waals surface area contributed by atoms with E-state index in [1.54, 1.807) is 22.7 Å². The summed E-state index contributed by atoms with van der Waals surface area (Å²) in [6.45, 7) is 4.99. The Balaban J connectivity index is 0.000000146. The molecule has 10 nitrogen and oxygen atoms in total. The Morgan fingerprint density at radius 1 is 0.536 bits per heavy atom. The van der Waals surface area contributed by atoms with Gasteiger partial charge in [-0.25, -0.2) is 19.9 Å². The summed E-state index contributed by atoms with van der Waals surface area (Å²) in [5, 5.41) is 2.11. The van der Waals surface area contributed by atoms with Crippen molar-refractivity contribution in [3.05, 3.63) is 96.6 Å². The highest BCUT2D eigenvalue weighted by Crippen LogP contribution is 2.36. The first-order valence-electron chi connectivity index (χ1n) is 19.6. The average molecular weight is 785 g/mol. The fourth-order valence-electron chi connectivity index (χ4n) is 8.05. The van der Waals surface area contributed by atoms with Gasteiger partial charge >= 0.3 is 0 Å². The Morgan fingerprint density at radius 3 is 1.34 bits per heavy atom. The molecule has 0 radical (unpaired) electrons. The predicted octanol–water partition coefficient (Wildman–Crippen LogP) is 9.45. The van der Waals surface area contributed by atoms with E-state index in [0.29, 0.717) is 12.1 Å². The summed E-state index contributed by atoms with van der Waals surface area (Å²) < 4.78 is 18.5. The van der Waals surface area contributed by atoms with Crippen LogP contribution in [0.25, 0.3) is 63.6 Å². The first-order chi connectivity index (χ1) is 27.4. The van der Waals surface area contributed by atoms with Gasteiger partial charge in [-0.05, 0) is 115 Å². The third-order valence-electron chi connectivity index (χ3n) is 10.6. The minimum atomic E-state index is 0.460. The van der Waals surface area contributed by atoms with Gasteiger partial charge in [0.2, 0.25) is 0 Å². The maximum absolute atomic E-state index is 5.59. The highest BCUT2D eigenvalue weighted by atomic mass is 32.1. The third-order valence-corrected chi connectivity index (χ3v) is 12.8. The lowest BCUT2D eigenvalue weighted by Gasteiger charge is -2.26. The number of imidazole rings is 2. The van der Waals surface area contributed by atoms with E-state index in [1.165, 1.54) is 20.4 Å². The summed E-state index contributed by atoms with van der Waals surface area (Å²) in [5.74, 6) is 2.27. The van der Waals surface area contributed by atoms with E-state index in [-0.39, 0.29) is 0 Å². The minimum Gasteiger partial charge on any atom is -0.381 e. The lowest BCUT2D eigenvalue weighted by molar-refractivity contribution is 0.0693. The smallest absolute Gasteiger partial charge is 0.124 e. The number of hydrogen-bond donors (Lipinski definition) is 0. The van der Waals surface area contributed by atoms with Crippen LogP contribution in [-0.2, 0) is 22.6 Å². The number of benzene rings is 4. The van der Waals surface area contributed by atoms with Crippen LogP contribution in [0.1, 0.15) is 49.4 Å². The fourth-order valence-corrected chi connectivity index (χ4v) is 9.97. The van der Waals surface area contributed by atoms with Crippen molar-refractivity contribution in [3.8, 4) is 21.1 Å². The second kappa shape index (κ2) is 16.1. The number of aromatic nitrogens is 6. The molecular weight excluding hydrogens is 737 g/mol. The Kier molecular flexibility index (Phi) is 10.7. The Morgan fingerprint density at radius 2 is 0.946 bits per heavy atom. The largest absolute Gasteiger partial charge is 0.381 e. The quantitative estimate of drug-likeness (QED) is 0.151. The summed E-state index contributed by atoms with van der Waals surface area (Å²) >= 11 is 3.48. The van der Waals surface area contributed by atoms with Crippen LogP contribution in [0.2, 0.25) is 0 Å². The van der Waals surface area contributed by atoms with Crippen LogP contribution < -0.4 is 0 Å². The molecule has 0 aliphatic carbocycles. The lowest BCUT2D eigenvalue weighted by atomic mass is 10.1. The second-order valence-electron chi connectivity index (χ2n) is 15.3. The lowest BCUT2D eigenvalue weighted by Crippen LogP contribution is -2.23. The van der Waals surface area contributed by atoms with Crippen molar-refractivity contribution in [3.63, 3.8) is 0 Å². The van der Waals surface area contributed by atoms with Gasteiger partial charge in [-0.15, -0.1) is 22.7 Å². The van der Waals surface area contributed by atoms with Crippen LogP contribution in [0.4, 0.5) is 0 Å². The van der Waals surface area contributed by atoms with Crippen LogP contribution in [-0.4, -0.2) is 93.5 Å². The van der Waals surface area contributed by atoms with Gasteiger partial charge < -0.3 is 28.4 Å². The topological polar surface area (TPSA) is 86.4 Å². The van der Waals surface area contributed by atoms with Crippen LogP contribution in [0.15, 0.2) is 84.9 Å². The molecule has 288 valence electrons. The summed E-state index contributed by atoms with van der Waals surface area (Å²) in [6, 6.07) is 30.8. The molecule has 0 atom stereocenters. The van der Waals surface area contributed by atoms with Crippen molar-refractivity contribution < 1.29 is 9.47 Å². The Bertz CT molecular complexity index is 2360. The van der Waals surface area contributed by atoms with Gasteiger partial charge in [0.05, 0.1) is 55.6 Å². The molecule has 8 aromatic rings. The molecule has 2 fully saturated rings. The van der Waals surface area contributed by atoms with Gasteiger partial charge in [-0.1, -0.05) is 24.3 Å². The summed E-state index contributed by atoms with van der Waals surface area (Å²) in [5.41, 5.74) is 8.94. The highest BCUT2D eigenvalue weighted by molar-refractivity contribution is 7.22. The van der Waals surface area contributed by atoms with Gasteiger partial charge in [-0.3, -0.25) is 0 Å². The zero-order valence-corrected chi connectivity index (χ0v) is 34.2. The standard InChI is InChI=1S/2C22H24N4OS/c2*1-25(2)14-21-23-18-13-15(22-24-17-5-3-4-6-20(17)28-22)7-8-19(18)26(21)16-9-11-27-12-10-16/h2*3-8,13,16H,9-12,14H2,1-2H3. The molecule has 0 unspecified atom stereocenters. The van der Waals surface area contributed by atoms with Crippen molar-refractivity contribution in [1.29, 1.82) is 0 Å². The third kappa shape index (κ3) is 7.61. The van der Waals surface area contributed by atoms with Crippen molar-refractivity contribution in [2.75, 3.05) is 54.6 Å². The molecule has 10 rings (SSSR count). The van der Waals surface area contributed by atoms with E-state index in [0.717, 1.165) is 120 Å². The zero-order chi connectivity index (χ0) is 38.2. The normalized spacial score (nSPS) is 15.8. The molecular formula is C44H48N8O2S2. The number of nitrogens with zero attached hydrogens (tertiary/aromatic N) is 8. The highest BCUT2D eigenvalue weighted by Gasteiger charge is 2.24. The fraction of sp³-hybridized carbons (Fsp3) is 0.364. The number of rotatable bonds is 8. The molecule has 2 aliphatic rings. The number of para-hydroxylation sites is 2. The molecule has 4 aromatic heterocycles. The van der Waals surface area contributed by atoms with E-state index in [1.807, 2.05) is 12.1 Å². The molecule has 12 heteroatoms. The molecule has 0 amide bonds. The van der Waals surface area contributed by atoms with E-state index in [2.05, 4.69) is 120 Å². The second-order valence-corrected chi connectivity index (χ2v) is 17.4. The molecule has 2 saturated heterocycles. The van der Waals surface area contributed by atoms with Gasteiger partial charge in [-0.2, -0.15) is 0 Å². The van der Waals surface area contributed by atoms with Crippen LogP contribution in [0.3, 0.4) is 0 Å². The SMILES string of the molecule is CN(C)Cc1nc2cc(-c3nc4ccccc4s3)ccc2n1C1CCOCC1.CN(C)Cc1nc2cc(-c3nc4ccccc4s3)ccc2n1C1CCOCC1. The van der Waals surface area contributed by atoms with Crippen molar-refractivity contribution in [2.45, 2.75) is 50.9 Å². The van der Waals surface area contributed by atoms with E-state index < -0.39 is 0 Å². The first-order valence-corrected chi connectivity index (χ1v) is 21.2. The predicted molar refractivity (Wildman–Crippen MR) is 230 cm³/mol. The van der Waals surface area contributed by atoms with E-state index in [9.17, 15) is 0 Å². The summed E-state index contributed by atoms with van der Waals surface area (Å²) in [6.07, 6.45) is 4.19. The molecule has 56 heavy (non-hydrogen) atoms. The van der Waals surface area contributed by atoms with Crippen molar-refractivity contribution in [2.24, 2.45) is 0 Å². The van der Waals surface area contributed by atoms with E-state index in [4.69, 9.17) is 29.4 Å². The van der Waals surface area contributed by atoms with Crippen molar-refractivity contribution in [1.82, 2.24) is 38.9 Å². The van der Waals surface area contributed by atoms with Gasteiger partial charge in [0, 0.05) is 49.6 Å². The Labute approximate surface area is 335 Å². The van der Waals surface area contributed by atoms with Gasteiger partial charge in [0.1, 0.15) is 21.7 Å². The van der Waals surface area contributed by atoms with Crippen molar-refractivity contribution >= 4 is 65.2 Å². The molecule has 0 N–H and O–H groups in total. The van der Waals surface area contributed by atoms with E-state index >= 15 is 0 Å². The number of ether oxygens (including phenoxy) is 2. The number of hydrogen-bond acceptors (Lipinski definition) is 10. The molecule has 0 saturated carbocycles. The maximum atomic E-state index is 5.59. The monoisotopic (exact) mass is 784 g/mol. The van der Waals surface area contributed by atoms with Crippen LogP contribution >= 0.6 is 22.7 Å². The zero-order valence-electron chi connectivity index (χ0n) is 32.5. The van der Waals surface area contributed by atoms with Gasteiger partial charge in [0.25, 0.3) is 0 Å². The average Bonchev–Trinajstić information content (AvgIpc) is 4.00. The minimum absolute atomic E-state index is 0.460. The molecule has 0 bridgehead atoms.